The van der Waals surface area contributed by atoms with Gasteiger partial charge in [0.2, 0.25) is 0 Å². The highest BCUT2D eigenvalue weighted by molar-refractivity contribution is 5.72. The predicted molar refractivity (Wildman–Crippen MR) is 106 cm³/mol. The zero-order chi connectivity index (χ0) is 18.8. The minimum absolute atomic E-state index is 0.599. The first-order valence-electron chi connectivity index (χ1n) is 9.18. The SMILES string of the molecule is CCOc1cc(C=Cc2ccc(OCC)c(OCC)c2)cc(OCC)c1. The first kappa shape index (κ1) is 19.7. The normalized spacial score (nSPS) is 10.8. The molecular weight excluding hydrogens is 328 g/mol. The number of hydrogen-bond acceptors (Lipinski definition) is 4. The van der Waals surface area contributed by atoms with Gasteiger partial charge < -0.3 is 18.9 Å². The fourth-order valence-electron chi connectivity index (χ4n) is 2.55. The number of ether oxygens (including phenoxy) is 4. The number of benzene rings is 2. The van der Waals surface area contributed by atoms with Gasteiger partial charge in [-0.15, -0.1) is 0 Å². The molecule has 0 atom stereocenters. The molecule has 0 aliphatic carbocycles. The van der Waals surface area contributed by atoms with Crippen molar-refractivity contribution in [2.45, 2.75) is 27.7 Å². The van der Waals surface area contributed by atoms with Crippen molar-refractivity contribution in [2.75, 3.05) is 26.4 Å². The summed E-state index contributed by atoms with van der Waals surface area (Å²) in [5.41, 5.74) is 2.06. The molecule has 0 heterocycles. The Kier molecular flexibility index (Phi) is 7.87. The number of hydrogen-bond donors (Lipinski definition) is 0. The van der Waals surface area contributed by atoms with E-state index in [9.17, 15) is 0 Å². The quantitative estimate of drug-likeness (QED) is 0.530. The molecule has 0 aromatic heterocycles. The molecule has 0 radical (unpaired) electrons. The van der Waals surface area contributed by atoms with Crippen LogP contribution < -0.4 is 18.9 Å². The van der Waals surface area contributed by atoms with Crippen molar-refractivity contribution in [1.82, 2.24) is 0 Å². The third-order valence-corrected chi connectivity index (χ3v) is 3.56. The smallest absolute Gasteiger partial charge is 0.161 e. The third kappa shape index (κ3) is 5.73. The van der Waals surface area contributed by atoms with E-state index >= 15 is 0 Å². The summed E-state index contributed by atoms with van der Waals surface area (Å²) in [6, 6.07) is 11.9. The van der Waals surface area contributed by atoms with Gasteiger partial charge in [-0.2, -0.15) is 0 Å². The maximum absolute atomic E-state index is 5.69. The van der Waals surface area contributed by atoms with E-state index in [2.05, 4.69) is 0 Å². The summed E-state index contributed by atoms with van der Waals surface area (Å²) in [7, 11) is 0. The highest BCUT2D eigenvalue weighted by Crippen LogP contribution is 2.30. The van der Waals surface area contributed by atoms with Crippen LogP contribution in [0.2, 0.25) is 0 Å². The molecule has 26 heavy (non-hydrogen) atoms. The molecule has 4 nitrogen and oxygen atoms in total. The molecule has 4 heteroatoms. The number of rotatable bonds is 10. The van der Waals surface area contributed by atoms with Crippen LogP contribution in [0.3, 0.4) is 0 Å². The van der Waals surface area contributed by atoms with Crippen molar-refractivity contribution < 1.29 is 18.9 Å². The molecule has 0 unspecified atom stereocenters. The Morgan fingerprint density at radius 1 is 0.577 bits per heavy atom. The zero-order valence-electron chi connectivity index (χ0n) is 16.1. The highest BCUT2D eigenvalue weighted by atomic mass is 16.5. The average molecular weight is 356 g/mol. The predicted octanol–water partition coefficient (Wildman–Crippen LogP) is 5.45. The van der Waals surface area contributed by atoms with Crippen LogP contribution in [0.15, 0.2) is 36.4 Å². The summed E-state index contributed by atoms with van der Waals surface area (Å²) >= 11 is 0. The van der Waals surface area contributed by atoms with Gasteiger partial charge in [0.15, 0.2) is 11.5 Å². The molecule has 0 saturated carbocycles. The van der Waals surface area contributed by atoms with E-state index in [0.29, 0.717) is 26.4 Å². The second kappa shape index (κ2) is 10.4. The minimum Gasteiger partial charge on any atom is -0.494 e. The van der Waals surface area contributed by atoms with E-state index in [1.165, 1.54) is 0 Å². The highest BCUT2D eigenvalue weighted by Gasteiger charge is 2.05. The Hall–Kier alpha value is -2.62. The summed E-state index contributed by atoms with van der Waals surface area (Å²) in [6.45, 7) is 10.3. The summed E-state index contributed by atoms with van der Waals surface area (Å²) in [5.74, 6) is 3.14. The lowest BCUT2D eigenvalue weighted by atomic mass is 10.1. The Labute approximate surface area is 156 Å². The van der Waals surface area contributed by atoms with Gasteiger partial charge in [0.1, 0.15) is 11.5 Å². The Morgan fingerprint density at radius 3 is 1.69 bits per heavy atom. The zero-order valence-corrected chi connectivity index (χ0v) is 16.1. The van der Waals surface area contributed by atoms with Gasteiger partial charge in [-0.25, -0.2) is 0 Å². The van der Waals surface area contributed by atoms with Crippen LogP contribution in [0.4, 0.5) is 0 Å². The van der Waals surface area contributed by atoms with Crippen molar-refractivity contribution in [3.8, 4) is 23.0 Å². The van der Waals surface area contributed by atoms with Crippen LogP contribution in [0.5, 0.6) is 23.0 Å². The van der Waals surface area contributed by atoms with Crippen molar-refractivity contribution in [3.63, 3.8) is 0 Å². The first-order chi connectivity index (χ1) is 12.7. The Morgan fingerprint density at radius 2 is 1.12 bits per heavy atom. The van der Waals surface area contributed by atoms with Crippen molar-refractivity contribution in [3.05, 3.63) is 47.5 Å². The van der Waals surface area contributed by atoms with Crippen molar-refractivity contribution in [2.24, 2.45) is 0 Å². The second-order valence-electron chi connectivity index (χ2n) is 5.51. The van der Waals surface area contributed by atoms with Crippen LogP contribution in [0.25, 0.3) is 12.2 Å². The maximum atomic E-state index is 5.69. The van der Waals surface area contributed by atoms with E-state index in [1.807, 2.05) is 76.2 Å². The van der Waals surface area contributed by atoms with Crippen LogP contribution in [-0.4, -0.2) is 26.4 Å². The van der Waals surface area contributed by atoms with Crippen LogP contribution in [0, 0.1) is 0 Å². The Balaban J connectivity index is 2.26. The summed E-state index contributed by atoms with van der Waals surface area (Å²) in [5, 5.41) is 0. The van der Waals surface area contributed by atoms with Crippen molar-refractivity contribution >= 4 is 12.2 Å². The van der Waals surface area contributed by atoms with Gasteiger partial charge in [0, 0.05) is 6.07 Å². The maximum Gasteiger partial charge on any atom is 0.161 e. The monoisotopic (exact) mass is 356 g/mol. The molecule has 0 spiro atoms. The largest absolute Gasteiger partial charge is 0.494 e. The van der Waals surface area contributed by atoms with Gasteiger partial charge in [-0.1, -0.05) is 18.2 Å². The van der Waals surface area contributed by atoms with E-state index in [1.54, 1.807) is 0 Å². The van der Waals surface area contributed by atoms with Gasteiger partial charge in [0.05, 0.1) is 26.4 Å². The van der Waals surface area contributed by atoms with Crippen LogP contribution >= 0.6 is 0 Å². The van der Waals surface area contributed by atoms with Gasteiger partial charge >= 0.3 is 0 Å². The molecule has 0 saturated heterocycles. The molecule has 0 amide bonds. The minimum atomic E-state index is 0.599. The molecule has 140 valence electrons. The third-order valence-electron chi connectivity index (χ3n) is 3.56. The van der Waals surface area contributed by atoms with E-state index in [4.69, 9.17) is 18.9 Å². The lowest BCUT2D eigenvalue weighted by Gasteiger charge is -2.11. The molecule has 2 rings (SSSR count). The van der Waals surface area contributed by atoms with Crippen LogP contribution in [-0.2, 0) is 0 Å². The molecule has 2 aromatic rings. The molecule has 0 aliphatic heterocycles. The fourth-order valence-corrected chi connectivity index (χ4v) is 2.55. The van der Waals surface area contributed by atoms with Gasteiger partial charge in [0.25, 0.3) is 0 Å². The Bertz CT molecular complexity index is 698. The molecule has 2 aromatic carbocycles. The lowest BCUT2D eigenvalue weighted by Crippen LogP contribution is -1.98. The van der Waals surface area contributed by atoms with Crippen molar-refractivity contribution in [1.29, 1.82) is 0 Å². The average Bonchev–Trinajstić information content (AvgIpc) is 2.63. The topological polar surface area (TPSA) is 36.9 Å². The standard InChI is InChI=1S/C22H28O4/c1-5-23-19-13-18(14-20(16-19)24-6-2)10-9-17-11-12-21(25-7-3)22(15-17)26-8-4/h9-16H,5-8H2,1-4H3. The molecule has 0 aliphatic rings. The molecule has 0 fully saturated rings. The van der Waals surface area contributed by atoms with Crippen LogP contribution in [0.1, 0.15) is 38.8 Å². The van der Waals surface area contributed by atoms with E-state index in [-0.39, 0.29) is 0 Å². The van der Waals surface area contributed by atoms with Gasteiger partial charge in [-0.3, -0.25) is 0 Å². The summed E-state index contributed by atoms with van der Waals surface area (Å²) in [4.78, 5) is 0. The van der Waals surface area contributed by atoms with E-state index < -0.39 is 0 Å². The summed E-state index contributed by atoms with van der Waals surface area (Å²) in [6.07, 6.45) is 4.08. The first-order valence-corrected chi connectivity index (χ1v) is 9.18. The molecule has 0 bridgehead atoms. The fraction of sp³-hybridized carbons (Fsp3) is 0.364. The lowest BCUT2D eigenvalue weighted by molar-refractivity contribution is 0.287. The van der Waals surface area contributed by atoms with E-state index in [0.717, 1.165) is 34.1 Å². The summed E-state index contributed by atoms with van der Waals surface area (Å²) < 4.78 is 22.6. The van der Waals surface area contributed by atoms with Gasteiger partial charge in [-0.05, 0) is 63.1 Å². The molecular formula is C22H28O4. The second-order valence-corrected chi connectivity index (χ2v) is 5.51. The molecule has 0 N–H and O–H groups in total.